The molecular formula is C18H21NO4S. The van der Waals surface area contributed by atoms with Crippen molar-refractivity contribution in [2.45, 2.75) is 18.7 Å². The first-order chi connectivity index (χ1) is 11.3. The maximum Gasteiger partial charge on any atom is 0.228 e. The van der Waals surface area contributed by atoms with Gasteiger partial charge in [0.1, 0.15) is 5.75 Å². The number of amides is 1. The summed E-state index contributed by atoms with van der Waals surface area (Å²) in [4.78, 5) is 12.5. The molecule has 6 heteroatoms. The molecular weight excluding hydrogens is 326 g/mol. The Morgan fingerprint density at radius 3 is 2.33 bits per heavy atom. The number of sulfone groups is 1. The fourth-order valence-corrected chi connectivity index (χ4v) is 3.81. The number of hydrogen-bond donors (Lipinski definition) is 1. The summed E-state index contributed by atoms with van der Waals surface area (Å²) in [6.07, 6.45) is 0. The van der Waals surface area contributed by atoms with Crippen LogP contribution in [0.2, 0.25) is 0 Å². The van der Waals surface area contributed by atoms with E-state index in [1.165, 1.54) is 19.2 Å². The summed E-state index contributed by atoms with van der Waals surface area (Å²) in [7, 11) is -2.03. The van der Waals surface area contributed by atoms with Gasteiger partial charge in [0.15, 0.2) is 9.84 Å². The van der Waals surface area contributed by atoms with E-state index in [0.29, 0.717) is 11.4 Å². The van der Waals surface area contributed by atoms with Gasteiger partial charge in [0.25, 0.3) is 0 Å². The molecule has 0 spiro atoms. The van der Waals surface area contributed by atoms with Crippen molar-refractivity contribution in [3.05, 3.63) is 54.1 Å². The van der Waals surface area contributed by atoms with E-state index in [1.54, 1.807) is 25.1 Å². The van der Waals surface area contributed by atoms with Crippen LogP contribution in [-0.4, -0.2) is 27.2 Å². The van der Waals surface area contributed by atoms with Crippen LogP contribution in [0.1, 0.15) is 12.5 Å². The average Bonchev–Trinajstić information content (AvgIpc) is 2.56. The molecule has 24 heavy (non-hydrogen) atoms. The number of carbonyl (C=O) groups is 1. The molecule has 0 saturated heterocycles. The van der Waals surface area contributed by atoms with Gasteiger partial charge >= 0.3 is 0 Å². The maximum absolute atomic E-state index is 12.4. The number of anilines is 1. The Balaban J connectivity index is 2.08. The minimum absolute atomic E-state index is 0.179. The van der Waals surface area contributed by atoms with E-state index >= 15 is 0 Å². The van der Waals surface area contributed by atoms with Crippen molar-refractivity contribution in [1.29, 1.82) is 0 Å². The largest absolute Gasteiger partial charge is 0.497 e. The van der Waals surface area contributed by atoms with E-state index in [4.69, 9.17) is 4.74 Å². The molecule has 0 aliphatic carbocycles. The van der Waals surface area contributed by atoms with Gasteiger partial charge in [-0.05, 0) is 42.8 Å². The van der Waals surface area contributed by atoms with Crippen LogP contribution in [0.4, 0.5) is 5.69 Å². The number of para-hydroxylation sites is 1. The lowest BCUT2D eigenvalue weighted by atomic mass is 10.1. The number of hydrogen-bond acceptors (Lipinski definition) is 4. The Labute approximate surface area is 142 Å². The molecule has 2 rings (SSSR count). The van der Waals surface area contributed by atoms with Gasteiger partial charge < -0.3 is 10.1 Å². The third-order valence-corrected chi connectivity index (χ3v) is 5.67. The van der Waals surface area contributed by atoms with Gasteiger partial charge in [-0.25, -0.2) is 8.42 Å². The number of carbonyl (C=O) groups excluding carboxylic acids is 1. The molecule has 0 fully saturated rings. The standard InChI is InChI=1S/C18H21NO4S/c1-13-6-4-5-7-17(13)19-18(20)14(2)12-24(21,22)16-10-8-15(23-3)9-11-16/h4-11,14H,12H2,1-3H3,(H,19,20)/t14-/m1/s1. The smallest absolute Gasteiger partial charge is 0.228 e. The molecule has 1 N–H and O–H groups in total. The second-order valence-corrected chi connectivity index (χ2v) is 7.70. The van der Waals surface area contributed by atoms with Crippen molar-refractivity contribution in [3.63, 3.8) is 0 Å². The van der Waals surface area contributed by atoms with Crippen LogP contribution in [0.15, 0.2) is 53.4 Å². The molecule has 0 bridgehead atoms. The molecule has 2 aromatic carbocycles. The van der Waals surface area contributed by atoms with Crippen LogP contribution in [0.25, 0.3) is 0 Å². The first-order valence-electron chi connectivity index (χ1n) is 7.57. The Morgan fingerprint density at radius 1 is 1.12 bits per heavy atom. The molecule has 0 saturated carbocycles. The Morgan fingerprint density at radius 2 is 1.75 bits per heavy atom. The van der Waals surface area contributed by atoms with Crippen LogP contribution >= 0.6 is 0 Å². The third-order valence-electron chi connectivity index (χ3n) is 3.74. The summed E-state index contributed by atoms with van der Waals surface area (Å²) in [5.41, 5.74) is 1.62. The van der Waals surface area contributed by atoms with Crippen molar-refractivity contribution in [2.75, 3.05) is 18.2 Å². The van der Waals surface area contributed by atoms with E-state index in [-0.39, 0.29) is 16.6 Å². The quantitative estimate of drug-likeness (QED) is 0.872. The second-order valence-electron chi connectivity index (χ2n) is 5.66. The van der Waals surface area contributed by atoms with E-state index < -0.39 is 15.8 Å². The first-order valence-corrected chi connectivity index (χ1v) is 9.22. The summed E-state index contributed by atoms with van der Waals surface area (Å²) in [5.74, 6) is -0.658. The number of rotatable bonds is 6. The summed E-state index contributed by atoms with van der Waals surface area (Å²) in [5, 5.41) is 2.78. The average molecular weight is 347 g/mol. The highest BCUT2D eigenvalue weighted by Crippen LogP contribution is 2.20. The van der Waals surface area contributed by atoms with Crippen molar-refractivity contribution >= 4 is 21.4 Å². The van der Waals surface area contributed by atoms with E-state index in [1.807, 2.05) is 25.1 Å². The Bertz CT molecular complexity index is 813. The minimum atomic E-state index is -3.55. The summed E-state index contributed by atoms with van der Waals surface area (Å²) in [6.45, 7) is 3.49. The number of benzene rings is 2. The van der Waals surface area contributed by atoms with Crippen LogP contribution in [-0.2, 0) is 14.6 Å². The zero-order chi connectivity index (χ0) is 17.7. The van der Waals surface area contributed by atoms with Crippen LogP contribution in [0.5, 0.6) is 5.75 Å². The molecule has 0 unspecified atom stereocenters. The third kappa shape index (κ3) is 4.35. The minimum Gasteiger partial charge on any atom is -0.497 e. The lowest BCUT2D eigenvalue weighted by Gasteiger charge is -2.14. The SMILES string of the molecule is COc1ccc(S(=O)(=O)C[C@@H](C)C(=O)Nc2ccccc2C)cc1. The van der Waals surface area contributed by atoms with Gasteiger partial charge in [0.05, 0.1) is 17.8 Å². The predicted octanol–water partition coefficient (Wildman–Crippen LogP) is 3.05. The topological polar surface area (TPSA) is 72.5 Å². The highest BCUT2D eigenvalue weighted by molar-refractivity contribution is 7.91. The van der Waals surface area contributed by atoms with Gasteiger partial charge in [-0.2, -0.15) is 0 Å². The molecule has 0 heterocycles. The molecule has 128 valence electrons. The number of aryl methyl sites for hydroxylation is 1. The van der Waals surface area contributed by atoms with Crippen LogP contribution in [0, 0.1) is 12.8 Å². The van der Waals surface area contributed by atoms with Crippen LogP contribution < -0.4 is 10.1 Å². The summed E-state index contributed by atoms with van der Waals surface area (Å²) in [6, 6.07) is 13.5. The highest BCUT2D eigenvalue weighted by Gasteiger charge is 2.23. The summed E-state index contributed by atoms with van der Waals surface area (Å²) < 4.78 is 29.9. The van der Waals surface area contributed by atoms with Crippen molar-refractivity contribution in [3.8, 4) is 5.75 Å². The number of nitrogens with one attached hydrogen (secondary N) is 1. The molecule has 0 aliphatic heterocycles. The fourth-order valence-electron chi connectivity index (χ4n) is 2.25. The monoisotopic (exact) mass is 347 g/mol. The molecule has 1 amide bonds. The molecule has 0 radical (unpaired) electrons. The molecule has 5 nitrogen and oxygen atoms in total. The van der Waals surface area contributed by atoms with Crippen LogP contribution in [0.3, 0.4) is 0 Å². The first kappa shape index (κ1) is 18.0. The van der Waals surface area contributed by atoms with Gasteiger partial charge in [-0.15, -0.1) is 0 Å². The Hall–Kier alpha value is -2.34. The van der Waals surface area contributed by atoms with Crippen molar-refractivity contribution in [2.24, 2.45) is 5.92 Å². The van der Waals surface area contributed by atoms with E-state index in [0.717, 1.165) is 5.56 Å². The van der Waals surface area contributed by atoms with E-state index in [2.05, 4.69) is 5.32 Å². The zero-order valence-electron chi connectivity index (χ0n) is 13.9. The van der Waals surface area contributed by atoms with Gasteiger partial charge in [0.2, 0.25) is 5.91 Å². The van der Waals surface area contributed by atoms with Gasteiger partial charge in [-0.1, -0.05) is 25.1 Å². The van der Waals surface area contributed by atoms with Gasteiger partial charge in [-0.3, -0.25) is 4.79 Å². The van der Waals surface area contributed by atoms with Crippen molar-refractivity contribution < 1.29 is 17.9 Å². The Kier molecular flexibility index (Phi) is 5.62. The normalized spacial score (nSPS) is 12.5. The fraction of sp³-hybridized carbons (Fsp3) is 0.278. The lowest BCUT2D eigenvalue weighted by Crippen LogP contribution is -2.27. The predicted molar refractivity (Wildman–Crippen MR) is 94.0 cm³/mol. The maximum atomic E-state index is 12.4. The molecule has 1 atom stereocenters. The van der Waals surface area contributed by atoms with Gasteiger partial charge in [0, 0.05) is 11.6 Å². The molecule has 0 aromatic heterocycles. The zero-order valence-corrected chi connectivity index (χ0v) is 14.8. The molecule has 0 aliphatic rings. The number of ether oxygens (including phenoxy) is 1. The summed E-state index contributed by atoms with van der Waals surface area (Å²) >= 11 is 0. The second kappa shape index (κ2) is 7.49. The molecule has 2 aromatic rings. The highest BCUT2D eigenvalue weighted by atomic mass is 32.2. The van der Waals surface area contributed by atoms with Crippen molar-refractivity contribution in [1.82, 2.24) is 0 Å². The van der Waals surface area contributed by atoms with E-state index in [9.17, 15) is 13.2 Å². The lowest BCUT2D eigenvalue weighted by molar-refractivity contribution is -0.118. The number of methoxy groups -OCH3 is 1.